The van der Waals surface area contributed by atoms with Gasteiger partial charge in [0.1, 0.15) is 17.5 Å². The van der Waals surface area contributed by atoms with Crippen LogP contribution < -0.4 is 10.0 Å². The minimum absolute atomic E-state index is 0.0105. The number of nitrogens with one attached hydrogen (secondary N) is 2. The van der Waals surface area contributed by atoms with Crippen LogP contribution in [-0.2, 0) is 14.8 Å². The molecule has 0 saturated heterocycles. The van der Waals surface area contributed by atoms with Crippen LogP contribution in [0.15, 0.2) is 64.8 Å². The van der Waals surface area contributed by atoms with Gasteiger partial charge in [0.05, 0.1) is 6.26 Å². The Morgan fingerprint density at radius 1 is 1.16 bits per heavy atom. The van der Waals surface area contributed by atoms with Gasteiger partial charge in [0, 0.05) is 56.0 Å². The Balaban J connectivity index is 2.04. The molecule has 0 unspecified atom stereocenters. The highest BCUT2D eigenvalue weighted by Gasteiger charge is 2.30. The fourth-order valence-electron chi connectivity index (χ4n) is 4.32. The summed E-state index contributed by atoms with van der Waals surface area (Å²) in [6.45, 7) is 4.32. The Morgan fingerprint density at radius 3 is 2.49 bits per heavy atom. The zero-order valence-corrected chi connectivity index (χ0v) is 21.8. The number of anilines is 1. The molecular formula is C25H30F4N4O3S. The molecule has 202 valence electrons. The molecule has 1 atom stereocenters. The van der Waals surface area contributed by atoms with Crippen LogP contribution >= 0.6 is 0 Å². The molecule has 2 aliphatic rings. The summed E-state index contributed by atoms with van der Waals surface area (Å²) in [5, 5.41) is 2.94. The van der Waals surface area contributed by atoms with E-state index in [1.165, 1.54) is 17.0 Å². The lowest BCUT2D eigenvalue weighted by Gasteiger charge is -2.31. The number of sulfonamides is 1. The van der Waals surface area contributed by atoms with Crippen LogP contribution in [0.2, 0.25) is 0 Å². The fraction of sp³-hybridized carbons (Fsp3) is 0.400. The van der Waals surface area contributed by atoms with Crippen molar-refractivity contribution in [1.29, 1.82) is 0 Å². The highest BCUT2D eigenvalue weighted by molar-refractivity contribution is 7.88. The average molecular weight is 543 g/mol. The van der Waals surface area contributed by atoms with Crippen LogP contribution in [0, 0.1) is 5.82 Å². The molecule has 1 amide bonds. The number of benzene rings is 1. The van der Waals surface area contributed by atoms with Crippen molar-refractivity contribution < 1.29 is 30.8 Å². The topological polar surface area (TPSA) is 81.8 Å². The van der Waals surface area contributed by atoms with E-state index in [4.69, 9.17) is 0 Å². The van der Waals surface area contributed by atoms with Crippen molar-refractivity contribution in [3.63, 3.8) is 0 Å². The van der Waals surface area contributed by atoms with E-state index >= 15 is 0 Å². The minimum Gasteiger partial charge on any atom is -0.378 e. The molecule has 1 aromatic carbocycles. The van der Waals surface area contributed by atoms with E-state index in [1.54, 1.807) is 20.0 Å². The molecule has 1 aliphatic carbocycles. The summed E-state index contributed by atoms with van der Waals surface area (Å²) in [6.07, 6.45) is 2.35. The van der Waals surface area contributed by atoms with Crippen LogP contribution in [0.1, 0.15) is 32.3 Å². The highest BCUT2D eigenvalue weighted by atomic mass is 32.2. The molecule has 0 fully saturated rings. The summed E-state index contributed by atoms with van der Waals surface area (Å²) in [6, 6.07) is 2.33. The average Bonchev–Trinajstić information content (AvgIpc) is 3.05. The van der Waals surface area contributed by atoms with Gasteiger partial charge in [-0.25, -0.2) is 30.7 Å². The normalized spacial score (nSPS) is 17.2. The Hall–Kier alpha value is -3.12. The molecule has 2 N–H and O–H groups in total. The maximum Gasteiger partial charge on any atom is 0.265 e. The summed E-state index contributed by atoms with van der Waals surface area (Å²) in [5.41, 5.74) is 0.717. The maximum absolute atomic E-state index is 14.8. The molecule has 1 aromatic rings. The van der Waals surface area contributed by atoms with Gasteiger partial charge < -0.3 is 10.2 Å². The SMILES string of the molecule is CCN(CCNS(C)(=O)=O)C1=CC2=C([C@@H](C)Nc3ccc(F)cc3C(F)F)C=C(F)C=C(C2)C(=O)N1C. The monoisotopic (exact) mass is 542 g/mol. The fourth-order valence-corrected chi connectivity index (χ4v) is 4.78. The van der Waals surface area contributed by atoms with Gasteiger partial charge in [-0.1, -0.05) is 0 Å². The zero-order chi connectivity index (χ0) is 27.5. The number of amides is 1. The van der Waals surface area contributed by atoms with Gasteiger partial charge in [0.15, 0.2) is 0 Å². The highest BCUT2D eigenvalue weighted by Crippen LogP contribution is 2.35. The summed E-state index contributed by atoms with van der Waals surface area (Å²) < 4.78 is 80.8. The number of rotatable bonds is 10. The standard InChI is InChI=1S/C25H30F4N4O3S/c1-5-33(9-8-30-37(4,35)36)23-12-16-10-17(25(34)32(23)3)11-19(27)14-20(16)15(2)31-22-7-6-18(26)13-21(22)24(28)29/h6-7,11-15,24,30-31H,5,8-10H2,1-4H3/t15-/m1/s1. The molecule has 2 bridgehead atoms. The first-order valence-corrected chi connectivity index (χ1v) is 13.5. The largest absolute Gasteiger partial charge is 0.378 e. The van der Waals surface area contributed by atoms with Crippen molar-refractivity contribution in [1.82, 2.24) is 14.5 Å². The smallest absolute Gasteiger partial charge is 0.265 e. The van der Waals surface area contributed by atoms with Gasteiger partial charge >= 0.3 is 0 Å². The first kappa shape index (κ1) is 28.5. The van der Waals surface area contributed by atoms with Crippen LogP contribution in [0.3, 0.4) is 0 Å². The molecule has 1 heterocycles. The second-order valence-electron chi connectivity index (χ2n) is 8.87. The summed E-state index contributed by atoms with van der Waals surface area (Å²) in [7, 11) is -1.86. The third kappa shape index (κ3) is 7.01. The molecule has 0 aromatic heterocycles. The molecular weight excluding hydrogens is 512 g/mol. The predicted octanol–water partition coefficient (Wildman–Crippen LogP) is 4.23. The van der Waals surface area contributed by atoms with Crippen LogP contribution in [0.4, 0.5) is 23.2 Å². The van der Waals surface area contributed by atoms with Gasteiger partial charge in [-0.2, -0.15) is 0 Å². The summed E-state index contributed by atoms with van der Waals surface area (Å²) in [5.74, 6) is -1.39. The van der Waals surface area contributed by atoms with Gasteiger partial charge in [-0.05, 0) is 61.4 Å². The van der Waals surface area contributed by atoms with Crippen molar-refractivity contribution in [2.45, 2.75) is 32.7 Å². The number of hydrogen-bond acceptors (Lipinski definition) is 5. The second-order valence-corrected chi connectivity index (χ2v) is 10.7. The van der Waals surface area contributed by atoms with E-state index in [9.17, 15) is 30.8 Å². The third-order valence-corrected chi connectivity index (χ3v) is 6.85. The molecule has 0 radical (unpaired) electrons. The zero-order valence-electron chi connectivity index (χ0n) is 21.0. The number of allylic oxidation sites excluding steroid dienone is 4. The number of carbonyl (C=O) groups is 1. The Kier molecular flexibility index (Phi) is 8.85. The molecule has 12 heteroatoms. The van der Waals surface area contributed by atoms with Crippen LogP contribution in [-0.4, -0.2) is 63.1 Å². The maximum atomic E-state index is 14.8. The molecule has 1 aliphatic heterocycles. The quantitative estimate of drug-likeness (QED) is 0.433. The van der Waals surface area contributed by atoms with Gasteiger partial charge in [0.2, 0.25) is 10.0 Å². The Bertz CT molecular complexity index is 1290. The van der Waals surface area contributed by atoms with Crippen molar-refractivity contribution in [3.05, 3.63) is 76.2 Å². The Labute approximate surface area is 214 Å². The molecule has 7 nitrogen and oxygen atoms in total. The Morgan fingerprint density at radius 2 is 1.86 bits per heavy atom. The molecule has 3 rings (SSSR count). The van der Waals surface area contributed by atoms with Crippen LogP contribution in [0.5, 0.6) is 0 Å². The summed E-state index contributed by atoms with van der Waals surface area (Å²) in [4.78, 5) is 16.4. The van der Waals surface area contributed by atoms with E-state index in [0.29, 0.717) is 23.5 Å². The lowest BCUT2D eigenvalue weighted by molar-refractivity contribution is -0.125. The minimum atomic E-state index is -3.41. The van der Waals surface area contributed by atoms with E-state index in [0.717, 1.165) is 24.5 Å². The lowest BCUT2D eigenvalue weighted by Crippen LogP contribution is -2.40. The summed E-state index contributed by atoms with van der Waals surface area (Å²) >= 11 is 0. The van der Waals surface area contributed by atoms with E-state index < -0.39 is 45.6 Å². The molecule has 0 spiro atoms. The number of fused-ring (bicyclic) bond motifs is 2. The van der Waals surface area contributed by atoms with Gasteiger partial charge in [-0.15, -0.1) is 0 Å². The van der Waals surface area contributed by atoms with Crippen molar-refractivity contribution in [2.24, 2.45) is 0 Å². The van der Waals surface area contributed by atoms with Crippen molar-refractivity contribution in [2.75, 3.05) is 38.3 Å². The van der Waals surface area contributed by atoms with Crippen LogP contribution in [0.25, 0.3) is 0 Å². The van der Waals surface area contributed by atoms with E-state index in [1.807, 2.05) is 11.8 Å². The number of likely N-dealkylation sites (N-methyl/N-ethyl adjacent to an activating group) is 2. The van der Waals surface area contributed by atoms with E-state index in [2.05, 4.69) is 10.0 Å². The lowest BCUT2D eigenvalue weighted by atomic mass is 9.97. The first-order valence-electron chi connectivity index (χ1n) is 11.6. The second kappa shape index (κ2) is 11.5. The number of nitrogens with zero attached hydrogens (tertiary/aromatic N) is 2. The first-order chi connectivity index (χ1) is 17.3. The predicted molar refractivity (Wildman–Crippen MR) is 134 cm³/mol. The number of halogens is 4. The third-order valence-electron chi connectivity index (χ3n) is 6.12. The number of hydrogen-bond donors (Lipinski definition) is 2. The van der Waals surface area contributed by atoms with Gasteiger partial charge in [-0.3, -0.25) is 9.69 Å². The van der Waals surface area contributed by atoms with Crippen molar-refractivity contribution >= 4 is 21.6 Å². The molecule has 0 saturated carbocycles. The number of carbonyl (C=O) groups excluding carboxylic acids is 1. The number of alkyl halides is 2. The molecule has 37 heavy (non-hydrogen) atoms. The van der Waals surface area contributed by atoms with Crippen molar-refractivity contribution in [3.8, 4) is 0 Å². The van der Waals surface area contributed by atoms with Gasteiger partial charge in [0.25, 0.3) is 12.3 Å². The van der Waals surface area contributed by atoms with E-state index in [-0.39, 0.29) is 30.8 Å².